The van der Waals surface area contributed by atoms with Gasteiger partial charge in [0.05, 0.1) is 16.9 Å². The highest BCUT2D eigenvalue weighted by Gasteiger charge is 2.33. The molecule has 1 amide bonds. The Morgan fingerprint density at radius 3 is 2.45 bits per heavy atom. The van der Waals surface area contributed by atoms with Gasteiger partial charge in [-0.15, -0.1) is 11.3 Å². The smallest absolute Gasteiger partial charge is 0.266 e. The van der Waals surface area contributed by atoms with Crippen molar-refractivity contribution in [2.75, 3.05) is 6.54 Å². The third-order valence-corrected chi connectivity index (χ3v) is 7.22. The summed E-state index contributed by atoms with van der Waals surface area (Å²) in [6.45, 7) is 2.64. The number of aryl methyl sites for hydroxylation is 1. The van der Waals surface area contributed by atoms with Gasteiger partial charge in [0.25, 0.3) is 5.91 Å². The van der Waals surface area contributed by atoms with Crippen LogP contribution in [0.4, 0.5) is 0 Å². The number of nitrogens with zero attached hydrogens (tertiary/aromatic N) is 3. The van der Waals surface area contributed by atoms with Crippen LogP contribution in [0.1, 0.15) is 68.5 Å². The zero-order chi connectivity index (χ0) is 22.6. The first kappa shape index (κ1) is 21.6. The van der Waals surface area contributed by atoms with Crippen LogP contribution in [0.5, 0.6) is 0 Å². The number of benzene rings is 2. The number of rotatable bonds is 6. The van der Waals surface area contributed by atoms with Crippen molar-refractivity contribution in [1.82, 2.24) is 14.9 Å². The van der Waals surface area contributed by atoms with Crippen LogP contribution >= 0.6 is 11.3 Å². The molecule has 33 heavy (non-hydrogen) atoms. The summed E-state index contributed by atoms with van der Waals surface area (Å²) >= 11 is 1.51. The van der Waals surface area contributed by atoms with Gasteiger partial charge in [0.2, 0.25) is 5.89 Å². The fraction of sp³-hybridized carbons (Fsp3) is 0.296. The number of oxazole rings is 1. The summed E-state index contributed by atoms with van der Waals surface area (Å²) in [6.07, 6.45) is 6.17. The van der Waals surface area contributed by atoms with Crippen LogP contribution in [0.3, 0.4) is 0 Å². The van der Waals surface area contributed by atoms with Crippen LogP contribution in [-0.2, 0) is 12.8 Å². The van der Waals surface area contributed by atoms with E-state index in [1.54, 1.807) is 6.20 Å². The van der Waals surface area contributed by atoms with Gasteiger partial charge in [0, 0.05) is 19.4 Å². The molecule has 2 aromatic heterocycles. The van der Waals surface area contributed by atoms with E-state index >= 15 is 0 Å². The lowest BCUT2D eigenvalue weighted by molar-refractivity contribution is 0.0574. The van der Waals surface area contributed by atoms with E-state index in [2.05, 4.69) is 29.2 Å². The van der Waals surface area contributed by atoms with Crippen molar-refractivity contribution < 1.29 is 9.21 Å². The van der Waals surface area contributed by atoms with Crippen molar-refractivity contribution in [1.29, 1.82) is 0 Å². The highest BCUT2D eigenvalue weighted by molar-refractivity contribution is 7.13. The number of hydrogen-bond acceptors (Lipinski definition) is 5. The lowest BCUT2D eigenvalue weighted by Crippen LogP contribution is -2.38. The summed E-state index contributed by atoms with van der Waals surface area (Å²) in [5.41, 5.74) is 3.19. The summed E-state index contributed by atoms with van der Waals surface area (Å²) in [7, 11) is 0. The van der Waals surface area contributed by atoms with E-state index in [0.717, 1.165) is 47.0 Å². The van der Waals surface area contributed by atoms with E-state index in [1.807, 2.05) is 48.2 Å². The normalized spacial score (nSPS) is 16.2. The molecular weight excluding hydrogens is 430 g/mol. The first-order valence-corrected chi connectivity index (χ1v) is 12.3. The second kappa shape index (κ2) is 9.71. The Morgan fingerprint density at radius 1 is 1.03 bits per heavy atom. The maximum atomic E-state index is 13.6. The van der Waals surface area contributed by atoms with Crippen molar-refractivity contribution in [3.63, 3.8) is 0 Å². The van der Waals surface area contributed by atoms with E-state index in [1.165, 1.54) is 22.5 Å². The number of piperidine rings is 1. The topological polar surface area (TPSA) is 59.2 Å². The minimum absolute atomic E-state index is 0.0387. The van der Waals surface area contributed by atoms with Crippen LogP contribution in [0.2, 0.25) is 0 Å². The van der Waals surface area contributed by atoms with Gasteiger partial charge in [-0.2, -0.15) is 0 Å². The molecule has 0 aliphatic carbocycles. The molecule has 0 saturated carbocycles. The minimum Gasteiger partial charge on any atom is -0.443 e. The molecule has 0 N–H and O–H groups in total. The highest BCUT2D eigenvalue weighted by Crippen LogP contribution is 2.34. The van der Waals surface area contributed by atoms with Crippen molar-refractivity contribution >= 4 is 17.2 Å². The first-order chi connectivity index (χ1) is 16.2. The van der Waals surface area contributed by atoms with Gasteiger partial charge in [-0.25, -0.2) is 9.97 Å². The predicted octanol–water partition coefficient (Wildman–Crippen LogP) is 5.99. The van der Waals surface area contributed by atoms with E-state index in [4.69, 9.17) is 9.40 Å². The maximum absolute atomic E-state index is 13.6. The molecule has 168 valence electrons. The lowest BCUT2D eigenvalue weighted by Gasteiger charge is -2.33. The Bertz CT molecular complexity index is 1220. The molecule has 0 radical (unpaired) electrons. The average Bonchev–Trinajstić information content (AvgIpc) is 3.46. The zero-order valence-electron chi connectivity index (χ0n) is 18.7. The summed E-state index contributed by atoms with van der Waals surface area (Å²) in [6, 6.07) is 20.3. The Labute approximate surface area is 198 Å². The van der Waals surface area contributed by atoms with Crippen molar-refractivity contribution in [2.24, 2.45) is 0 Å². The highest BCUT2D eigenvalue weighted by atomic mass is 32.1. The number of carbonyl (C=O) groups is 1. The molecule has 1 atom stereocenters. The molecule has 2 aromatic carbocycles. The van der Waals surface area contributed by atoms with Crippen LogP contribution in [0.25, 0.3) is 0 Å². The molecule has 1 saturated heterocycles. The molecular formula is C27H27N3O2S. The van der Waals surface area contributed by atoms with Gasteiger partial charge >= 0.3 is 0 Å². The van der Waals surface area contributed by atoms with Gasteiger partial charge < -0.3 is 9.32 Å². The Balaban J connectivity index is 1.34. The first-order valence-electron chi connectivity index (χ1n) is 11.5. The molecule has 6 heteroatoms. The molecule has 1 fully saturated rings. The van der Waals surface area contributed by atoms with E-state index in [-0.39, 0.29) is 11.9 Å². The Kier molecular flexibility index (Phi) is 6.35. The quantitative estimate of drug-likeness (QED) is 0.357. The van der Waals surface area contributed by atoms with Crippen LogP contribution in [0, 0.1) is 6.92 Å². The zero-order valence-corrected chi connectivity index (χ0v) is 19.6. The van der Waals surface area contributed by atoms with Crippen LogP contribution < -0.4 is 0 Å². The van der Waals surface area contributed by atoms with Crippen LogP contribution in [-0.4, -0.2) is 27.3 Å². The fourth-order valence-corrected chi connectivity index (χ4v) is 5.47. The van der Waals surface area contributed by atoms with Gasteiger partial charge in [-0.05, 0) is 37.3 Å². The summed E-state index contributed by atoms with van der Waals surface area (Å²) in [5.74, 6) is 1.51. The largest absolute Gasteiger partial charge is 0.443 e. The summed E-state index contributed by atoms with van der Waals surface area (Å²) < 4.78 is 6.14. The van der Waals surface area contributed by atoms with Gasteiger partial charge in [-0.1, -0.05) is 60.7 Å². The second-order valence-corrected chi connectivity index (χ2v) is 9.61. The van der Waals surface area contributed by atoms with Gasteiger partial charge in [0.15, 0.2) is 0 Å². The van der Waals surface area contributed by atoms with E-state index in [9.17, 15) is 4.79 Å². The van der Waals surface area contributed by atoms with Gasteiger partial charge in [0.1, 0.15) is 16.7 Å². The number of aromatic nitrogens is 2. The van der Waals surface area contributed by atoms with Crippen molar-refractivity contribution in [2.45, 2.75) is 45.1 Å². The predicted molar refractivity (Wildman–Crippen MR) is 129 cm³/mol. The molecule has 1 aliphatic heterocycles. The summed E-state index contributed by atoms with van der Waals surface area (Å²) in [5, 5.41) is 0.969. The van der Waals surface area contributed by atoms with Crippen molar-refractivity contribution in [3.05, 3.63) is 105 Å². The number of hydrogen-bond donors (Lipinski definition) is 0. The molecule has 5 nitrogen and oxygen atoms in total. The van der Waals surface area contributed by atoms with Crippen molar-refractivity contribution in [3.8, 4) is 0 Å². The molecule has 0 bridgehead atoms. The number of thiazole rings is 1. The molecule has 4 aromatic rings. The SMILES string of the molecule is Cc1nc(Cc2ccccc2)sc1C(=O)N1CCCC[C@H]1c1ncc(Cc2ccccc2)o1. The number of carbonyl (C=O) groups excluding carboxylic acids is 1. The average molecular weight is 458 g/mol. The second-order valence-electron chi connectivity index (χ2n) is 8.52. The molecule has 0 unspecified atom stereocenters. The Morgan fingerprint density at radius 2 is 1.73 bits per heavy atom. The third kappa shape index (κ3) is 4.91. The molecule has 0 spiro atoms. The fourth-order valence-electron chi connectivity index (χ4n) is 4.41. The summed E-state index contributed by atoms with van der Waals surface area (Å²) in [4.78, 5) is 25.5. The minimum atomic E-state index is -0.130. The van der Waals surface area contributed by atoms with E-state index < -0.39 is 0 Å². The molecule has 3 heterocycles. The molecule has 5 rings (SSSR count). The van der Waals surface area contributed by atoms with Crippen LogP contribution in [0.15, 0.2) is 71.3 Å². The lowest BCUT2D eigenvalue weighted by atomic mass is 10.0. The van der Waals surface area contributed by atoms with E-state index in [0.29, 0.717) is 18.9 Å². The third-order valence-electron chi connectivity index (χ3n) is 6.07. The van der Waals surface area contributed by atoms with Gasteiger partial charge in [-0.3, -0.25) is 4.79 Å². The molecule has 1 aliphatic rings. The monoisotopic (exact) mass is 457 g/mol. The maximum Gasteiger partial charge on any atom is 0.266 e. The standard InChI is InChI=1S/C27H27N3O2S/c1-19-25(33-24(29-19)17-21-12-6-3-7-13-21)27(31)30-15-9-8-14-23(30)26-28-18-22(32-26)16-20-10-4-2-5-11-20/h2-7,10-13,18,23H,8-9,14-17H2,1H3/t23-/m0/s1. The number of likely N-dealkylation sites (tertiary alicyclic amines) is 1. The number of amides is 1. The Hall–Kier alpha value is -3.25.